The molecule has 4 aromatic rings. The molecular formula is C45H56N4O8S2. The highest BCUT2D eigenvalue weighted by Crippen LogP contribution is 2.39. The van der Waals surface area contributed by atoms with Gasteiger partial charge in [0.1, 0.15) is 5.00 Å². The zero-order chi connectivity index (χ0) is 42.5. The van der Waals surface area contributed by atoms with Crippen molar-refractivity contribution in [2.45, 2.75) is 84.7 Å². The zero-order valence-electron chi connectivity index (χ0n) is 34.7. The largest absolute Gasteiger partial charge is 0.465 e. The van der Waals surface area contributed by atoms with Gasteiger partial charge in [-0.1, -0.05) is 50.2 Å². The lowest BCUT2D eigenvalue weighted by Crippen LogP contribution is -2.42. The molecule has 0 aliphatic heterocycles. The molecule has 1 aliphatic rings. The minimum absolute atomic E-state index is 0.112. The molecule has 12 nitrogen and oxygen atoms in total. The van der Waals surface area contributed by atoms with Gasteiger partial charge in [-0.3, -0.25) is 19.3 Å². The van der Waals surface area contributed by atoms with Crippen molar-refractivity contribution in [3.05, 3.63) is 117 Å². The first-order valence-electron chi connectivity index (χ1n) is 20.3. The van der Waals surface area contributed by atoms with Gasteiger partial charge in [0.2, 0.25) is 10.0 Å². The second-order valence-corrected chi connectivity index (χ2v) is 17.9. The average molecular weight is 845 g/mol. The van der Waals surface area contributed by atoms with E-state index in [0.717, 1.165) is 78.5 Å². The molecule has 0 unspecified atom stereocenters. The number of rotatable bonds is 20. The highest BCUT2D eigenvalue weighted by atomic mass is 32.2. The normalized spacial score (nSPS) is 12.7. The monoisotopic (exact) mass is 844 g/mol. The summed E-state index contributed by atoms with van der Waals surface area (Å²) in [6.45, 7) is 7.03. The lowest BCUT2D eigenvalue weighted by atomic mass is 9.95. The van der Waals surface area contributed by atoms with Crippen LogP contribution in [0.4, 0.5) is 10.7 Å². The number of nitrogens with zero attached hydrogens (tertiary/aromatic N) is 2. The van der Waals surface area contributed by atoms with Crippen LogP contribution in [0.5, 0.6) is 0 Å². The van der Waals surface area contributed by atoms with Gasteiger partial charge in [0, 0.05) is 48.9 Å². The van der Waals surface area contributed by atoms with Gasteiger partial charge in [0.15, 0.2) is 5.75 Å². The molecule has 1 aliphatic carbocycles. The van der Waals surface area contributed by atoms with Crippen molar-refractivity contribution in [2.24, 2.45) is 0 Å². The molecule has 0 atom stereocenters. The number of hydrogen-bond donors (Lipinski definition) is 2. The maximum Gasteiger partial charge on any atom is 0.337 e. The Hall–Kier alpha value is -4.89. The smallest absolute Gasteiger partial charge is 0.337 e. The van der Waals surface area contributed by atoms with E-state index >= 15 is 0 Å². The first kappa shape index (κ1) is 45.2. The van der Waals surface area contributed by atoms with E-state index in [1.54, 1.807) is 25.1 Å². The molecule has 2 amide bonds. The third-order valence-electron chi connectivity index (χ3n) is 10.7. The highest BCUT2D eigenvalue weighted by Gasteiger charge is 2.28. The van der Waals surface area contributed by atoms with Crippen LogP contribution >= 0.6 is 11.3 Å². The molecule has 5 rings (SSSR count). The van der Waals surface area contributed by atoms with Crippen LogP contribution in [0.25, 0.3) is 0 Å². The second-order valence-electron chi connectivity index (χ2n) is 14.7. The van der Waals surface area contributed by atoms with E-state index < -0.39 is 21.7 Å². The number of sulfonamides is 1. The molecule has 0 fully saturated rings. The molecule has 0 saturated heterocycles. The average Bonchev–Trinajstić information content (AvgIpc) is 3.60. The number of fused-ring (bicyclic) bond motifs is 1. The molecule has 0 bridgehead atoms. The molecule has 2 N–H and O–H groups in total. The Bertz CT molecular complexity index is 2180. The summed E-state index contributed by atoms with van der Waals surface area (Å²) in [5.74, 6) is -2.42. The van der Waals surface area contributed by atoms with Crippen molar-refractivity contribution in [1.29, 1.82) is 0 Å². The number of aryl methyl sites for hydroxylation is 3. The Morgan fingerprint density at radius 1 is 0.797 bits per heavy atom. The molecule has 0 spiro atoms. The van der Waals surface area contributed by atoms with Gasteiger partial charge in [0.05, 0.1) is 24.8 Å². The standard InChI is InChI=1S/C45H56N4O8S2/c1-6-37(7-2)49(27-26-48(4)59(54,55)30-40(50)57-8-3)29-33-12-11-13-35(28-33)42(51)47-44-41(38-14-9-10-15-39(38)58-44)43(52)46-36-24-20-32(21-25-36)17-16-31-18-22-34(23-19-31)45(53)56-5/h11-13,18-25,28,37H,6-10,14-17,26-27,29-30H2,1-5H3,(H,46,52)(H,47,51). The fraction of sp³-hybridized carbons (Fsp3) is 0.422. The summed E-state index contributed by atoms with van der Waals surface area (Å²) in [6.07, 6.45) is 6.91. The Kier molecular flexibility index (Phi) is 16.4. The Morgan fingerprint density at radius 2 is 1.46 bits per heavy atom. The van der Waals surface area contributed by atoms with Crippen LogP contribution in [0.15, 0.2) is 72.8 Å². The van der Waals surface area contributed by atoms with E-state index in [1.165, 1.54) is 29.8 Å². The number of nitrogens with one attached hydrogen (secondary N) is 2. The number of anilines is 2. The minimum atomic E-state index is -3.84. The quantitative estimate of drug-likeness (QED) is 0.0862. The Balaban J connectivity index is 1.25. The van der Waals surface area contributed by atoms with E-state index in [2.05, 4.69) is 29.4 Å². The topological polar surface area (TPSA) is 151 Å². The van der Waals surface area contributed by atoms with E-state index in [-0.39, 0.29) is 37.0 Å². The van der Waals surface area contributed by atoms with Crippen molar-refractivity contribution in [2.75, 3.05) is 50.2 Å². The van der Waals surface area contributed by atoms with Crippen LogP contribution in [0.3, 0.4) is 0 Å². The summed E-state index contributed by atoms with van der Waals surface area (Å²) < 4.78 is 36.5. The van der Waals surface area contributed by atoms with E-state index in [9.17, 15) is 27.6 Å². The van der Waals surface area contributed by atoms with Crippen LogP contribution in [0.1, 0.15) is 105 Å². The third kappa shape index (κ3) is 12.3. The van der Waals surface area contributed by atoms with E-state index in [4.69, 9.17) is 9.47 Å². The molecule has 0 saturated carbocycles. The van der Waals surface area contributed by atoms with Gasteiger partial charge in [0.25, 0.3) is 11.8 Å². The Morgan fingerprint density at radius 3 is 2.10 bits per heavy atom. The second kappa shape index (κ2) is 21.4. The van der Waals surface area contributed by atoms with Gasteiger partial charge >= 0.3 is 11.9 Å². The maximum absolute atomic E-state index is 14.0. The number of esters is 2. The number of likely N-dealkylation sites (N-methyl/N-ethyl adjacent to an activating group) is 1. The number of thiophene rings is 1. The number of carbonyl (C=O) groups is 4. The van der Waals surface area contributed by atoms with Crippen LogP contribution in [-0.2, 0) is 56.5 Å². The first-order chi connectivity index (χ1) is 28.3. The lowest BCUT2D eigenvalue weighted by molar-refractivity contribution is -0.140. The molecule has 1 heterocycles. The molecule has 1 aromatic heterocycles. The molecule has 59 heavy (non-hydrogen) atoms. The van der Waals surface area contributed by atoms with Crippen LogP contribution in [0, 0.1) is 0 Å². The number of hydrogen-bond acceptors (Lipinski definition) is 10. The fourth-order valence-electron chi connectivity index (χ4n) is 7.34. The van der Waals surface area contributed by atoms with Crippen molar-refractivity contribution >= 4 is 55.8 Å². The summed E-state index contributed by atoms with van der Waals surface area (Å²) in [6, 6.07) is 22.7. The summed E-state index contributed by atoms with van der Waals surface area (Å²) in [4.78, 5) is 54.8. The first-order valence-corrected chi connectivity index (χ1v) is 22.7. The van der Waals surface area contributed by atoms with Crippen molar-refractivity contribution < 1.29 is 37.1 Å². The van der Waals surface area contributed by atoms with Gasteiger partial charge in [-0.2, -0.15) is 0 Å². The van der Waals surface area contributed by atoms with Crippen molar-refractivity contribution in [1.82, 2.24) is 9.21 Å². The van der Waals surface area contributed by atoms with Gasteiger partial charge in [-0.25, -0.2) is 17.5 Å². The number of ether oxygens (including phenoxy) is 2. The van der Waals surface area contributed by atoms with E-state index in [1.807, 2.05) is 54.6 Å². The fourth-order valence-corrected chi connectivity index (χ4v) is 9.59. The molecular weight excluding hydrogens is 789 g/mol. The SMILES string of the molecule is CCOC(=O)CS(=O)(=O)N(C)CCN(Cc1cccc(C(=O)Nc2sc3c(c2C(=O)Nc2ccc(CCc4ccc(C(=O)OC)cc4)cc2)CCCC3)c1)C(CC)CC. The molecule has 0 radical (unpaired) electrons. The number of benzene rings is 3. The lowest BCUT2D eigenvalue weighted by Gasteiger charge is -2.32. The maximum atomic E-state index is 14.0. The van der Waals surface area contributed by atoms with Crippen LogP contribution < -0.4 is 10.6 Å². The van der Waals surface area contributed by atoms with Crippen molar-refractivity contribution in [3.8, 4) is 0 Å². The number of methoxy groups -OCH3 is 1. The van der Waals surface area contributed by atoms with Gasteiger partial charge in [-0.05, 0) is 117 Å². The van der Waals surface area contributed by atoms with E-state index in [0.29, 0.717) is 40.5 Å². The predicted molar refractivity (Wildman–Crippen MR) is 233 cm³/mol. The summed E-state index contributed by atoms with van der Waals surface area (Å²) >= 11 is 1.47. The van der Waals surface area contributed by atoms with Crippen LogP contribution in [0.2, 0.25) is 0 Å². The summed E-state index contributed by atoms with van der Waals surface area (Å²) in [5.41, 5.74) is 6.23. The minimum Gasteiger partial charge on any atom is -0.465 e. The number of carbonyl (C=O) groups excluding carboxylic acids is 4. The Labute approximate surface area is 352 Å². The number of amides is 2. The third-order valence-corrected chi connectivity index (χ3v) is 13.7. The molecule has 3 aromatic carbocycles. The van der Waals surface area contributed by atoms with Crippen molar-refractivity contribution in [3.63, 3.8) is 0 Å². The van der Waals surface area contributed by atoms with Gasteiger partial charge < -0.3 is 20.1 Å². The summed E-state index contributed by atoms with van der Waals surface area (Å²) in [7, 11) is -1.01. The van der Waals surface area contributed by atoms with Gasteiger partial charge in [-0.15, -0.1) is 11.3 Å². The van der Waals surface area contributed by atoms with Crippen LogP contribution in [-0.4, -0.2) is 87.0 Å². The molecule has 316 valence electrons. The highest BCUT2D eigenvalue weighted by molar-refractivity contribution is 7.89. The predicted octanol–water partition coefficient (Wildman–Crippen LogP) is 7.52. The zero-order valence-corrected chi connectivity index (χ0v) is 36.3. The summed E-state index contributed by atoms with van der Waals surface area (Å²) in [5, 5.41) is 6.68. The molecule has 14 heteroatoms.